The van der Waals surface area contributed by atoms with Crippen LogP contribution in [0.15, 0.2) is 24.3 Å². The van der Waals surface area contributed by atoms with Gasteiger partial charge in [0.25, 0.3) is 0 Å². The summed E-state index contributed by atoms with van der Waals surface area (Å²) in [5, 5.41) is 9.87. The average molecular weight is 269 g/mol. The summed E-state index contributed by atoms with van der Waals surface area (Å²) in [5.74, 6) is -0.752. The zero-order valence-electron chi connectivity index (χ0n) is 10.3. The molecular formula is C13H17ClN2O2. The van der Waals surface area contributed by atoms with Gasteiger partial charge in [-0.25, -0.2) is 0 Å². The van der Waals surface area contributed by atoms with E-state index in [2.05, 4.69) is 4.90 Å². The molecule has 0 radical (unpaired) electrons. The summed E-state index contributed by atoms with van der Waals surface area (Å²) in [6, 6.07) is 7.28. The first-order valence-corrected chi connectivity index (χ1v) is 6.34. The van der Waals surface area contributed by atoms with Crippen LogP contribution in [0.5, 0.6) is 0 Å². The van der Waals surface area contributed by atoms with E-state index in [0.717, 1.165) is 30.2 Å². The van der Waals surface area contributed by atoms with Crippen molar-refractivity contribution in [3.8, 4) is 0 Å². The van der Waals surface area contributed by atoms with Crippen molar-refractivity contribution in [3.05, 3.63) is 34.9 Å². The number of hydrogen-bond donors (Lipinski definition) is 1. The molecule has 1 aromatic rings. The number of carboxylic acid groups (broad SMARTS) is 1. The average Bonchev–Trinajstić information content (AvgIpc) is 2.34. The number of benzene rings is 1. The van der Waals surface area contributed by atoms with Crippen LogP contribution in [0.1, 0.15) is 5.56 Å². The molecule has 0 aliphatic carbocycles. The number of likely N-dealkylation sites (N-methyl/N-ethyl adjacent to an activating group) is 1. The SMILES string of the molecule is CN1CCN(Cc2ccc(Cl)cc2)C[C@H]1C(=O)O. The highest BCUT2D eigenvalue weighted by molar-refractivity contribution is 6.30. The molecule has 1 aliphatic heterocycles. The van der Waals surface area contributed by atoms with Gasteiger partial charge in [-0.2, -0.15) is 0 Å². The summed E-state index contributed by atoms with van der Waals surface area (Å²) in [4.78, 5) is 15.2. The van der Waals surface area contributed by atoms with Gasteiger partial charge < -0.3 is 5.11 Å². The van der Waals surface area contributed by atoms with E-state index in [-0.39, 0.29) is 0 Å². The number of hydrogen-bond acceptors (Lipinski definition) is 3. The fourth-order valence-electron chi connectivity index (χ4n) is 2.19. The zero-order chi connectivity index (χ0) is 13.1. The molecule has 2 rings (SSSR count). The minimum absolute atomic E-state index is 0.411. The molecule has 1 fully saturated rings. The third-order valence-electron chi connectivity index (χ3n) is 3.34. The fourth-order valence-corrected chi connectivity index (χ4v) is 2.31. The first-order chi connectivity index (χ1) is 8.56. The summed E-state index contributed by atoms with van der Waals surface area (Å²) < 4.78 is 0. The molecule has 0 spiro atoms. The van der Waals surface area contributed by atoms with Crippen LogP contribution >= 0.6 is 11.6 Å². The summed E-state index contributed by atoms with van der Waals surface area (Å²) in [6.45, 7) is 3.01. The van der Waals surface area contributed by atoms with Gasteiger partial charge in [-0.15, -0.1) is 0 Å². The van der Waals surface area contributed by atoms with E-state index in [9.17, 15) is 4.79 Å². The Hall–Kier alpha value is -1.10. The first kappa shape index (κ1) is 13.3. The highest BCUT2D eigenvalue weighted by atomic mass is 35.5. The molecule has 1 heterocycles. The van der Waals surface area contributed by atoms with Gasteiger partial charge in [0.1, 0.15) is 6.04 Å². The van der Waals surface area contributed by atoms with Crippen LogP contribution in [-0.2, 0) is 11.3 Å². The number of halogens is 1. The molecule has 98 valence electrons. The van der Waals surface area contributed by atoms with E-state index < -0.39 is 12.0 Å². The predicted octanol–water partition coefficient (Wildman–Crippen LogP) is 1.54. The number of aliphatic carboxylic acids is 1. The van der Waals surface area contributed by atoms with Crippen molar-refractivity contribution in [2.45, 2.75) is 12.6 Å². The van der Waals surface area contributed by atoms with Crippen LogP contribution < -0.4 is 0 Å². The summed E-state index contributed by atoms with van der Waals surface area (Å²) >= 11 is 5.84. The monoisotopic (exact) mass is 268 g/mol. The third kappa shape index (κ3) is 3.22. The van der Waals surface area contributed by atoms with E-state index in [1.807, 2.05) is 36.2 Å². The molecule has 0 unspecified atom stereocenters. The Morgan fingerprint density at radius 1 is 1.39 bits per heavy atom. The Kier molecular flexibility index (Phi) is 4.22. The van der Waals surface area contributed by atoms with Gasteiger partial charge in [-0.05, 0) is 24.7 Å². The molecule has 4 nitrogen and oxygen atoms in total. The minimum atomic E-state index is -0.752. The first-order valence-electron chi connectivity index (χ1n) is 5.96. The lowest BCUT2D eigenvalue weighted by Gasteiger charge is -2.37. The van der Waals surface area contributed by atoms with Crippen molar-refractivity contribution in [2.24, 2.45) is 0 Å². The maximum absolute atomic E-state index is 11.1. The number of carboxylic acids is 1. The molecule has 1 atom stereocenters. The third-order valence-corrected chi connectivity index (χ3v) is 3.59. The molecule has 1 aromatic carbocycles. The smallest absolute Gasteiger partial charge is 0.322 e. The second-order valence-electron chi connectivity index (χ2n) is 4.70. The molecule has 0 amide bonds. The van der Waals surface area contributed by atoms with Gasteiger partial charge in [-0.1, -0.05) is 23.7 Å². The van der Waals surface area contributed by atoms with Gasteiger partial charge in [0.05, 0.1) is 0 Å². The van der Waals surface area contributed by atoms with E-state index in [4.69, 9.17) is 16.7 Å². The fraction of sp³-hybridized carbons (Fsp3) is 0.462. The highest BCUT2D eigenvalue weighted by Crippen LogP contribution is 2.14. The normalized spacial score (nSPS) is 22.0. The molecular weight excluding hydrogens is 252 g/mol. The van der Waals surface area contributed by atoms with Crippen LogP contribution in [0.2, 0.25) is 5.02 Å². The Morgan fingerprint density at radius 3 is 2.67 bits per heavy atom. The minimum Gasteiger partial charge on any atom is -0.480 e. The van der Waals surface area contributed by atoms with Crippen molar-refractivity contribution in [2.75, 3.05) is 26.7 Å². The lowest BCUT2D eigenvalue weighted by atomic mass is 10.1. The zero-order valence-corrected chi connectivity index (χ0v) is 11.1. The van der Waals surface area contributed by atoms with E-state index >= 15 is 0 Å². The van der Waals surface area contributed by atoms with Gasteiger partial charge in [-0.3, -0.25) is 14.6 Å². The summed E-state index contributed by atoms with van der Waals surface area (Å²) in [7, 11) is 1.86. The molecule has 18 heavy (non-hydrogen) atoms. The summed E-state index contributed by atoms with van der Waals surface area (Å²) in [5.41, 5.74) is 1.16. The maximum atomic E-state index is 11.1. The Bertz CT molecular complexity index is 422. The molecule has 0 bridgehead atoms. The van der Waals surface area contributed by atoms with Crippen molar-refractivity contribution >= 4 is 17.6 Å². The van der Waals surface area contributed by atoms with Crippen LogP contribution in [0, 0.1) is 0 Å². The highest BCUT2D eigenvalue weighted by Gasteiger charge is 2.29. The van der Waals surface area contributed by atoms with E-state index in [1.165, 1.54) is 0 Å². The van der Waals surface area contributed by atoms with Crippen molar-refractivity contribution in [1.82, 2.24) is 9.80 Å². The Balaban J connectivity index is 1.98. The van der Waals surface area contributed by atoms with Crippen LogP contribution in [0.4, 0.5) is 0 Å². The van der Waals surface area contributed by atoms with Gasteiger partial charge in [0, 0.05) is 31.2 Å². The lowest BCUT2D eigenvalue weighted by Crippen LogP contribution is -2.54. The Labute approximate surface area is 112 Å². The number of nitrogens with zero attached hydrogens (tertiary/aromatic N) is 2. The van der Waals surface area contributed by atoms with Gasteiger partial charge in [0.15, 0.2) is 0 Å². The molecule has 1 N–H and O–H groups in total. The molecule has 1 aliphatic rings. The second-order valence-corrected chi connectivity index (χ2v) is 5.13. The molecule has 1 saturated heterocycles. The van der Waals surface area contributed by atoms with Crippen molar-refractivity contribution < 1.29 is 9.90 Å². The van der Waals surface area contributed by atoms with Crippen LogP contribution in [0.3, 0.4) is 0 Å². The molecule has 5 heteroatoms. The Morgan fingerprint density at radius 2 is 2.06 bits per heavy atom. The van der Waals surface area contributed by atoms with Crippen LogP contribution in [-0.4, -0.2) is 53.6 Å². The predicted molar refractivity (Wildman–Crippen MR) is 70.8 cm³/mol. The number of piperazine rings is 1. The maximum Gasteiger partial charge on any atom is 0.322 e. The van der Waals surface area contributed by atoms with Crippen molar-refractivity contribution in [3.63, 3.8) is 0 Å². The standard InChI is InChI=1S/C13H17ClN2O2/c1-15-6-7-16(9-12(15)13(17)18)8-10-2-4-11(14)5-3-10/h2-5,12H,6-9H2,1H3,(H,17,18)/t12-/m0/s1. The van der Waals surface area contributed by atoms with Gasteiger partial charge >= 0.3 is 5.97 Å². The topological polar surface area (TPSA) is 43.8 Å². The largest absolute Gasteiger partial charge is 0.480 e. The van der Waals surface area contributed by atoms with Gasteiger partial charge in [0.2, 0.25) is 0 Å². The van der Waals surface area contributed by atoms with Crippen molar-refractivity contribution in [1.29, 1.82) is 0 Å². The molecule has 0 saturated carbocycles. The number of carbonyl (C=O) groups is 1. The van der Waals surface area contributed by atoms with E-state index in [0.29, 0.717) is 6.54 Å². The quantitative estimate of drug-likeness (QED) is 0.903. The van der Waals surface area contributed by atoms with E-state index in [1.54, 1.807) is 0 Å². The molecule has 0 aromatic heterocycles. The summed E-state index contributed by atoms with van der Waals surface area (Å²) in [6.07, 6.45) is 0. The number of rotatable bonds is 3. The lowest BCUT2D eigenvalue weighted by molar-refractivity contribution is -0.145. The second kappa shape index (κ2) is 5.69. The van der Waals surface area contributed by atoms with Crippen LogP contribution in [0.25, 0.3) is 0 Å².